The first-order valence-electron chi connectivity index (χ1n) is 8.97. The van der Waals surface area contributed by atoms with Crippen molar-refractivity contribution in [2.75, 3.05) is 19.7 Å². The zero-order valence-corrected chi connectivity index (χ0v) is 15.6. The fraction of sp³-hybridized carbons (Fsp3) is 0.190. The molecule has 28 heavy (non-hydrogen) atoms. The number of carbonyl (C=O) groups excluding carboxylic acids is 2. The summed E-state index contributed by atoms with van der Waals surface area (Å²) in [4.78, 5) is 23.9. The van der Waals surface area contributed by atoms with Gasteiger partial charge in [-0.3, -0.25) is 14.7 Å². The van der Waals surface area contributed by atoms with E-state index >= 15 is 0 Å². The monoisotopic (exact) mass is 378 g/mol. The Kier molecular flexibility index (Phi) is 6.41. The molecule has 2 amide bonds. The van der Waals surface area contributed by atoms with Crippen LogP contribution in [0.4, 0.5) is 0 Å². The molecule has 0 unspecified atom stereocenters. The summed E-state index contributed by atoms with van der Waals surface area (Å²) < 4.78 is 5.35. The summed E-state index contributed by atoms with van der Waals surface area (Å²) >= 11 is 0. The maximum absolute atomic E-state index is 12.2. The summed E-state index contributed by atoms with van der Waals surface area (Å²) in [5.41, 5.74) is 3.17. The van der Waals surface area contributed by atoms with Crippen LogP contribution < -0.4 is 15.4 Å². The fourth-order valence-corrected chi connectivity index (χ4v) is 2.50. The predicted molar refractivity (Wildman–Crippen MR) is 106 cm³/mol. The highest BCUT2D eigenvalue weighted by Crippen LogP contribution is 2.18. The number of H-pyrrole nitrogens is 1. The first-order chi connectivity index (χ1) is 13.6. The molecule has 7 heteroatoms. The van der Waals surface area contributed by atoms with Crippen LogP contribution in [-0.4, -0.2) is 41.7 Å². The maximum Gasteiger partial charge on any atom is 0.269 e. The third-order valence-corrected chi connectivity index (χ3v) is 4.02. The van der Waals surface area contributed by atoms with Crippen LogP contribution in [0.5, 0.6) is 5.75 Å². The van der Waals surface area contributed by atoms with E-state index in [2.05, 4.69) is 20.8 Å². The number of aryl methyl sites for hydroxylation is 1. The molecule has 0 spiro atoms. The van der Waals surface area contributed by atoms with Gasteiger partial charge in [-0.15, -0.1) is 0 Å². The standard InChI is InChI=1S/C21H22N4O3/c1-15-7-9-16(10-8-15)18-13-19(25-24-18)21(27)23-12-11-22-20(26)14-28-17-5-3-2-4-6-17/h2-10,13H,11-12,14H2,1H3,(H,22,26)(H,23,27)(H,24,25). The van der Waals surface area contributed by atoms with Crippen LogP contribution in [-0.2, 0) is 4.79 Å². The minimum absolute atomic E-state index is 0.0710. The zero-order valence-electron chi connectivity index (χ0n) is 15.6. The molecule has 3 N–H and O–H groups in total. The minimum atomic E-state index is -0.277. The van der Waals surface area contributed by atoms with Gasteiger partial charge in [-0.05, 0) is 25.1 Å². The van der Waals surface area contributed by atoms with E-state index in [1.54, 1.807) is 18.2 Å². The Balaban J connectivity index is 1.38. The van der Waals surface area contributed by atoms with Crippen molar-refractivity contribution in [1.82, 2.24) is 20.8 Å². The second-order valence-corrected chi connectivity index (χ2v) is 6.24. The lowest BCUT2D eigenvalue weighted by Crippen LogP contribution is -2.36. The fourth-order valence-electron chi connectivity index (χ4n) is 2.50. The van der Waals surface area contributed by atoms with Crippen molar-refractivity contribution in [3.8, 4) is 17.0 Å². The van der Waals surface area contributed by atoms with Crippen molar-refractivity contribution >= 4 is 11.8 Å². The van der Waals surface area contributed by atoms with Crippen molar-refractivity contribution in [3.63, 3.8) is 0 Å². The van der Waals surface area contributed by atoms with E-state index in [-0.39, 0.29) is 18.4 Å². The molecule has 0 atom stereocenters. The Morgan fingerprint density at radius 1 is 1.00 bits per heavy atom. The normalized spacial score (nSPS) is 10.3. The van der Waals surface area contributed by atoms with Gasteiger partial charge in [0.2, 0.25) is 0 Å². The van der Waals surface area contributed by atoms with Crippen LogP contribution in [0.25, 0.3) is 11.3 Å². The Morgan fingerprint density at radius 2 is 1.71 bits per heavy atom. The number of hydrogen-bond acceptors (Lipinski definition) is 4. The van der Waals surface area contributed by atoms with Gasteiger partial charge in [0.15, 0.2) is 6.61 Å². The molecule has 1 aromatic heterocycles. The van der Waals surface area contributed by atoms with Crippen LogP contribution in [0, 0.1) is 6.92 Å². The Morgan fingerprint density at radius 3 is 2.46 bits per heavy atom. The number of carbonyl (C=O) groups is 2. The van der Waals surface area contributed by atoms with E-state index in [1.165, 1.54) is 0 Å². The van der Waals surface area contributed by atoms with E-state index in [0.717, 1.165) is 11.1 Å². The van der Waals surface area contributed by atoms with Crippen molar-refractivity contribution in [3.05, 3.63) is 71.9 Å². The van der Waals surface area contributed by atoms with Gasteiger partial charge in [0.1, 0.15) is 11.4 Å². The number of aromatic amines is 1. The number of nitrogens with one attached hydrogen (secondary N) is 3. The summed E-state index contributed by atoms with van der Waals surface area (Å²) in [7, 11) is 0. The van der Waals surface area contributed by atoms with Crippen molar-refractivity contribution in [2.24, 2.45) is 0 Å². The van der Waals surface area contributed by atoms with Crippen LogP contribution in [0.3, 0.4) is 0 Å². The molecule has 0 aliphatic carbocycles. The third kappa shape index (κ3) is 5.44. The minimum Gasteiger partial charge on any atom is -0.484 e. The van der Waals surface area contributed by atoms with Gasteiger partial charge in [-0.1, -0.05) is 48.0 Å². The van der Waals surface area contributed by atoms with Crippen molar-refractivity contribution < 1.29 is 14.3 Å². The lowest BCUT2D eigenvalue weighted by Gasteiger charge is -2.08. The van der Waals surface area contributed by atoms with Gasteiger partial charge in [-0.2, -0.15) is 5.10 Å². The Labute approximate surface area is 163 Å². The molecule has 0 saturated heterocycles. The van der Waals surface area contributed by atoms with Gasteiger partial charge in [0, 0.05) is 18.7 Å². The number of amides is 2. The summed E-state index contributed by atoms with van der Waals surface area (Å²) in [6, 6.07) is 18.7. The van der Waals surface area contributed by atoms with E-state index in [9.17, 15) is 9.59 Å². The Hall–Kier alpha value is -3.61. The molecule has 0 saturated carbocycles. The number of rotatable bonds is 8. The molecule has 1 heterocycles. The molecule has 0 fully saturated rings. The number of benzene rings is 2. The highest BCUT2D eigenvalue weighted by Gasteiger charge is 2.11. The molecule has 0 radical (unpaired) electrons. The maximum atomic E-state index is 12.2. The lowest BCUT2D eigenvalue weighted by molar-refractivity contribution is -0.123. The number of para-hydroxylation sites is 1. The summed E-state index contributed by atoms with van der Waals surface area (Å²) in [5.74, 6) is 0.108. The highest BCUT2D eigenvalue weighted by molar-refractivity contribution is 5.93. The van der Waals surface area contributed by atoms with Crippen molar-refractivity contribution in [2.45, 2.75) is 6.92 Å². The molecule has 0 aliphatic rings. The van der Waals surface area contributed by atoms with Crippen LogP contribution in [0.2, 0.25) is 0 Å². The molecule has 3 rings (SSSR count). The number of nitrogens with zero attached hydrogens (tertiary/aromatic N) is 1. The Bertz CT molecular complexity index is 920. The summed E-state index contributed by atoms with van der Waals surface area (Å²) in [6.45, 7) is 2.55. The molecular formula is C21H22N4O3. The average molecular weight is 378 g/mol. The molecule has 3 aromatic rings. The molecule has 0 aliphatic heterocycles. The van der Waals surface area contributed by atoms with E-state index in [1.807, 2.05) is 49.4 Å². The highest BCUT2D eigenvalue weighted by atomic mass is 16.5. The molecular weight excluding hydrogens is 356 g/mol. The lowest BCUT2D eigenvalue weighted by atomic mass is 10.1. The van der Waals surface area contributed by atoms with Gasteiger partial charge in [-0.25, -0.2) is 0 Å². The molecule has 2 aromatic carbocycles. The van der Waals surface area contributed by atoms with Crippen molar-refractivity contribution in [1.29, 1.82) is 0 Å². The second kappa shape index (κ2) is 9.36. The largest absolute Gasteiger partial charge is 0.484 e. The quantitative estimate of drug-likeness (QED) is 0.524. The summed E-state index contributed by atoms with van der Waals surface area (Å²) in [5, 5.41) is 12.3. The van der Waals surface area contributed by atoms with Gasteiger partial charge < -0.3 is 15.4 Å². The van der Waals surface area contributed by atoms with Gasteiger partial charge in [0.05, 0.1) is 5.69 Å². The zero-order chi connectivity index (χ0) is 19.8. The SMILES string of the molecule is Cc1ccc(-c2cc(C(=O)NCCNC(=O)COc3ccccc3)[nH]n2)cc1. The first-order valence-corrected chi connectivity index (χ1v) is 8.97. The summed E-state index contributed by atoms with van der Waals surface area (Å²) in [6.07, 6.45) is 0. The van der Waals surface area contributed by atoms with E-state index in [0.29, 0.717) is 30.2 Å². The van der Waals surface area contributed by atoms with Gasteiger partial charge >= 0.3 is 0 Å². The molecule has 7 nitrogen and oxygen atoms in total. The average Bonchev–Trinajstić information content (AvgIpc) is 3.21. The number of ether oxygens (including phenoxy) is 1. The third-order valence-electron chi connectivity index (χ3n) is 4.02. The predicted octanol–water partition coefficient (Wildman–Crippen LogP) is 2.31. The number of aromatic nitrogens is 2. The van der Waals surface area contributed by atoms with Crippen LogP contribution in [0.15, 0.2) is 60.7 Å². The van der Waals surface area contributed by atoms with Crippen LogP contribution in [0.1, 0.15) is 16.1 Å². The smallest absolute Gasteiger partial charge is 0.269 e. The molecule has 0 bridgehead atoms. The van der Waals surface area contributed by atoms with Gasteiger partial charge in [0.25, 0.3) is 11.8 Å². The van der Waals surface area contributed by atoms with E-state index in [4.69, 9.17) is 4.74 Å². The first kappa shape index (κ1) is 19.2. The number of hydrogen-bond donors (Lipinski definition) is 3. The van der Waals surface area contributed by atoms with E-state index < -0.39 is 0 Å². The molecule has 144 valence electrons. The second-order valence-electron chi connectivity index (χ2n) is 6.24. The van der Waals surface area contributed by atoms with Crippen LogP contribution >= 0.6 is 0 Å². The topological polar surface area (TPSA) is 96.1 Å².